The third-order valence-corrected chi connectivity index (χ3v) is 3.92. The van der Waals surface area contributed by atoms with Crippen LogP contribution in [0.4, 0.5) is 5.69 Å². The lowest BCUT2D eigenvalue weighted by Crippen LogP contribution is -2.38. The van der Waals surface area contributed by atoms with Gasteiger partial charge in [0.05, 0.1) is 11.3 Å². The number of benzene rings is 1. The van der Waals surface area contributed by atoms with E-state index in [1.807, 2.05) is 6.07 Å². The van der Waals surface area contributed by atoms with Gasteiger partial charge in [0, 0.05) is 23.0 Å². The van der Waals surface area contributed by atoms with E-state index in [2.05, 4.69) is 38.7 Å². The first kappa shape index (κ1) is 10.1. The number of nitrogens with one attached hydrogen (secondary N) is 2. The first-order chi connectivity index (χ1) is 7.79. The maximum atomic E-state index is 9.13. The lowest BCUT2D eigenvalue weighted by Gasteiger charge is -2.26. The lowest BCUT2D eigenvalue weighted by atomic mass is 9.90. The topological polar surface area (TPSA) is 47.9 Å². The van der Waals surface area contributed by atoms with E-state index in [-0.39, 0.29) is 0 Å². The Labute approximate surface area is 103 Å². The van der Waals surface area contributed by atoms with Gasteiger partial charge in [-0.05, 0) is 30.7 Å². The van der Waals surface area contributed by atoms with Crippen LogP contribution in [0.1, 0.15) is 23.5 Å². The first-order valence-corrected chi connectivity index (χ1v) is 6.29. The van der Waals surface area contributed by atoms with Gasteiger partial charge in [-0.3, -0.25) is 0 Å². The van der Waals surface area contributed by atoms with Gasteiger partial charge >= 0.3 is 0 Å². The van der Waals surface area contributed by atoms with E-state index < -0.39 is 0 Å². The smallest absolute Gasteiger partial charge is 0.101 e. The van der Waals surface area contributed by atoms with Gasteiger partial charge in [-0.25, -0.2) is 0 Å². The standard InChI is InChI=1S/C12H12BrN3/c13-8-3-7(5-14)12-9(4-8)10-6-15-2-1-11(10)16-12/h3-4,10-11,15-16H,1-2,6H2/t10-,11-/m0/s1. The maximum absolute atomic E-state index is 9.13. The Bertz CT molecular complexity index is 478. The number of halogens is 1. The first-order valence-electron chi connectivity index (χ1n) is 5.50. The van der Waals surface area contributed by atoms with Crippen molar-refractivity contribution in [3.8, 4) is 6.07 Å². The summed E-state index contributed by atoms with van der Waals surface area (Å²) in [4.78, 5) is 0. The Hall–Kier alpha value is -1.05. The van der Waals surface area contributed by atoms with Crippen LogP contribution in [0, 0.1) is 11.3 Å². The van der Waals surface area contributed by atoms with E-state index in [4.69, 9.17) is 5.26 Å². The molecule has 0 saturated carbocycles. The summed E-state index contributed by atoms with van der Waals surface area (Å²) < 4.78 is 0.996. The zero-order valence-corrected chi connectivity index (χ0v) is 10.3. The fourth-order valence-corrected chi connectivity index (χ4v) is 3.19. The number of nitriles is 1. The average Bonchev–Trinajstić information content (AvgIpc) is 2.67. The molecule has 0 radical (unpaired) electrons. The van der Waals surface area contributed by atoms with Crippen LogP contribution in [-0.2, 0) is 0 Å². The quantitative estimate of drug-likeness (QED) is 0.764. The summed E-state index contributed by atoms with van der Waals surface area (Å²) in [5.41, 5.74) is 3.08. The van der Waals surface area contributed by atoms with Gasteiger partial charge in [0.1, 0.15) is 6.07 Å². The van der Waals surface area contributed by atoms with E-state index in [0.29, 0.717) is 12.0 Å². The number of rotatable bonds is 0. The summed E-state index contributed by atoms with van der Waals surface area (Å²) in [5, 5.41) is 16.0. The molecular weight excluding hydrogens is 266 g/mol. The van der Waals surface area contributed by atoms with Crippen molar-refractivity contribution in [3.63, 3.8) is 0 Å². The van der Waals surface area contributed by atoms with Crippen molar-refractivity contribution in [3.05, 3.63) is 27.7 Å². The zero-order chi connectivity index (χ0) is 11.1. The second kappa shape index (κ2) is 3.76. The molecule has 82 valence electrons. The van der Waals surface area contributed by atoms with Gasteiger partial charge in [0.25, 0.3) is 0 Å². The van der Waals surface area contributed by atoms with E-state index in [0.717, 1.165) is 35.2 Å². The third kappa shape index (κ3) is 1.43. The minimum absolute atomic E-state index is 0.498. The summed E-state index contributed by atoms with van der Waals surface area (Å²) in [7, 11) is 0. The van der Waals surface area contributed by atoms with E-state index in [1.165, 1.54) is 5.56 Å². The molecule has 16 heavy (non-hydrogen) atoms. The summed E-state index contributed by atoms with van der Waals surface area (Å²) in [6.45, 7) is 2.07. The molecule has 0 aliphatic carbocycles. The molecule has 0 spiro atoms. The molecule has 1 aromatic rings. The molecule has 2 aliphatic heterocycles. The minimum atomic E-state index is 0.498. The molecule has 0 unspecified atom stereocenters. The van der Waals surface area contributed by atoms with E-state index in [1.54, 1.807) is 0 Å². The lowest BCUT2D eigenvalue weighted by molar-refractivity contribution is 0.440. The van der Waals surface area contributed by atoms with Gasteiger partial charge in [0.2, 0.25) is 0 Å². The molecular formula is C12H12BrN3. The number of piperidine rings is 1. The molecule has 2 N–H and O–H groups in total. The van der Waals surface area contributed by atoms with Crippen LogP contribution in [-0.4, -0.2) is 19.1 Å². The van der Waals surface area contributed by atoms with E-state index in [9.17, 15) is 0 Å². The van der Waals surface area contributed by atoms with Gasteiger partial charge < -0.3 is 10.6 Å². The maximum Gasteiger partial charge on any atom is 0.101 e. The van der Waals surface area contributed by atoms with Crippen LogP contribution < -0.4 is 10.6 Å². The predicted octanol–water partition coefficient (Wildman–Crippen LogP) is 2.19. The number of fused-ring (bicyclic) bond motifs is 3. The molecule has 1 aromatic carbocycles. The second-order valence-corrected chi connectivity index (χ2v) is 5.30. The fraction of sp³-hybridized carbons (Fsp3) is 0.417. The molecule has 3 rings (SSSR count). The van der Waals surface area contributed by atoms with Gasteiger partial charge in [-0.15, -0.1) is 0 Å². The van der Waals surface area contributed by atoms with Gasteiger partial charge in [0.15, 0.2) is 0 Å². The minimum Gasteiger partial charge on any atom is -0.380 e. The van der Waals surface area contributed by atoms with Crippen molar-refractivity contribution in [1.29, 1.82) is 5.26 Å². The van der Waals surface area contributed by atoms with Crippen LogP contribution in [0.15, 0.2) is 16.6 Å². The Morgan fingerprint density at radius 1 is 1.44 bits per heavy atom. The summed E-state index contributed by atoms with van der Waals surface area (Å²) in [6, 6.07) is 6.79. The van der Waals surface area contributed by atoms with Crippen LogP contribution in [0.2, 0.25) is 0 Å². The van der Waals surface area contributed by atoms with Crippen molar-refractivity contribution >= 4 is 21.6 Å². The summed E-state index contributed by atoms with van der Waals surface area (Å²) in [5.74, 6) is 0.508. The van der Waals surface area contributed by atoms with Crippen LogP contribution in [0.3, 0.4) is 0 Å². The normalized spacial score (nSPS) is 26.5. The summed E-state index contributed by atoms with van der Waals surface area (Å²) >= 11 is 3.47. The highest BCUT2D eigenvalue weighted by Gasteiger charge is 2.35. The zero-order valence-electron chi connectivity index (χ0n) is 8.76. The van der Waals surface area contributed by atoms with Crippen LogP contribution in [0.25, 0.3) is 0 Å². The highest BCUT2D eigenvalue weighted by molar-refractivity contribution is 9.10. The third-order valence-electron chi connectivity index (χ3n) is 3.47. The Kier molecular flexibility index (Phi) is 2.38. The van der Waals surface area contributed by atoms with Crippen LogP contribution >= 0.6 is 15.9 Å². The van der Waals surface area contributed by atoms with Crippen molar-refractivity contribution in [2.24, 2.45) is 0 Å². The van der Waals surface area contributed by atoms with Crippen molar-refractivity contribution < 1.29 is 0 Å². The van der Waals surface area contributed by atoms with Crippen molar-refractivity contribution in [1.82, 2.24) is 5.32 Å². The molecule has 0 bridgehead atoms. The van der Waals surface area contributed by atoms with Crippen molar-refractivity contribution in [2.45, 2.75) is 18.4 Å². The number of hydrogen-bond acceptors (Lipinski definition) is 3. The van der Waals surface area contributed by atoms with Crippen molar-refractivity contribution in [2.75, 3.05) is 18.4 Å². The second-order valence-electron chi connectivity index (χ2n) is 4.38. The highest BCUT2D eigenvalue weighted by atomic mass is 79.9. The molecule has 2 aliphatic rings. The molecule has 4 heteroatoms. The summed E-state index contributed by atoms with van der Waals surface area (Å²) in [6.07, 6.45) is 1.13. The molecule has 3 nitrogen and oxygen atoms in total. The molecule has 0 amide bonds. The number of anilines is 1. The number of nitrogens with zero attached hydrogens (tertiary/aromatic N) is 1. The SMILES string of the molecule is N#Cc1cc(Br)cc2c1N[C@H]1CCNC[C@@H]21. The number of hydrogen-bond donors (Lipinski definition) is 2. The Balaban J connectivity index is 2.11. The van der Waals surface area contributed by atoms with Gasteiger partial charge in [-0.2, -0.15) is 5.26 Å². The highest BCUT2D eigenvalue weighted by Crippen LogP contribution is 2.41. The molecule has 0 aromatic heterocycles. The fourth-order valence-electron chi connectivity index (χ4n) is 2.71. The molecule has 1 fully saturated rings. The van der Waals surface area contributed by atoms with Gasteiger partial charge in [-0.1, -0.05) is 15.9 Å². The monoisotopic (exact) mass is 277 g/mol. The molecule has 2 heterocycles. The molecule has 2 atom stereocenters. The average molecular weight is 278 g/mol. The largest absolute Gasteiger partial charge is 0.380 e. The molecule has 1 saturated heterocycles. The van der Waals surface area contributed by atoms with E-state index >= 15 is 0 Å². The predicted molar refractivity (Wildman–Crippen MR) is 66.5 cm³/mol. The van der Waals surface area contributed by atoms with Crippen LogP contribution in [0.5, 0.6) is 0 Å². The Morgan fingerprint density at radius 3 is 3.12 bits per heavy atom. The Morgan fingerprint density at radius 2 is 2.31 bits per heavy atom.